The SMILES string of the molecule is O=C(O)C(F)(F)F.O=C1N[C@H]2CCN(C2)C(=O)C2(C/C=C\COc3ccccc31)CNC2. The third-order valence-electron chi connectivity index (χ3n) is 5.58. The lowest BCUT2D eigenvalue weighted by Gasteiger charge is -2.43. The highest BCUT2D eigenvalue weighted by molar-refractivity contribution is 5.97. The molecule has 1 atom stereocenters. The predicted molar refractivity (Wildman–Crippen MR) is 107 cm³/mol. The number of hydrogen-bond acceptors (Lipinski definition) is 5. The molecule has 2 fully saturated rings. The van der Waals surface area contributed by atoms with Crippen molar-refractivity contribution in [1.29, 1.82) is 0 Å². The fraction of sp³-hybridized carbons (Fsp3) is 0.476. The van der Waals surface area contributed by atoms with E-state index in [9.17, 15) is 22.8 Å². The summed E-state index contributed by atoms with van der Waals surface area (Å²) in [5, 5.41) is 13.4. The van der Waals surface area contributed by atoms with Crippen LogP contribution in [0.25, 0.3) is 0 Å². The van der Waals surface area contributed by atoms with Crippen LogP contribution in [0.15, 0.2) is 36.4 Å². The smallest absolute Gasteiger partial charge is 0.489 e. The lowest BCUT2D eigenvalue weighted by molar-refractivity contribution is -0.192. The number of hydrogen-bond donors (Lipinski definition) is 3. The average molecular weight is 455 g/mol. The third kappa shape index (κ3) is 5.39. The first kappa shape index (κ1) is 23.6. The summed E-state index contributed by atoms with van der Waals surface area (Å²) < 4.78 is 37.5. The molecule has 0 saturated carbocycles. The molecule has 1 spiro atoms. The molecular weight excluding hydrogens is 431 g/mol. The normalized spacial score (nSPS) is 23.5. The van der Waals surface area contributed by atoms with Crippen LogP contribution in [-0.4, -0.2) is 72.8 Å². The molecule has 2 saturated heterocycles. The Balaban J connectivity index is 0.000000360. The van der Waals surface area contributed by atoms with Crippen LogP contribution < -0.4 is 15.4 Å². The number of fused-ring (bicyclic) bond motifs is 3. The van der Waals surface area contributed by atoms with E-state index in [0.717, 1.165) is 12.8 Å². The molecule has 3 heterocycles. The number of ether oxygens (including phenoxy) is 1. The van der Waals surface area contributed by atoms with Crippen molar-refractivity contribution >= 4 is 17.8 Å². The molecule has 8 nitrogen and oxygen atoms in total. The quantitative estimate of drug-likeness (QED) is 0.513. The summed E-state index contributed by atoms with van der Waals surface area (Å²) in [7, 11) is 0. The van der Waals surface area contributed by atoms with Crippen molar-refractivity contribution in [3.8, 4) is 5.75 Å². The number of aliphatic carboxylic acids is 1. The molecule has 1 aromatic rings. The number of allylic oxidation sites excluding steroid dienone is 1. The van der Waals surface area contributed by atoms with Gasteiger partial charge in [0.2, 0.25) is 5.91 Å². The van der Waals surface area contributed by atoms with Crippen LogP contribution in [0.3, 0.4) is 0 Å². The Morgan fingerprint density at radius 3 is 2.50 bits per heavy atom. The van der Waals surface area contributed by atoms with E-state index in [4.69, 9.17) is 14.6 Å². The fourth-order valence-electron chi connectivity index (χ4n) is 3.77. The maximum atomic E-state index is 13.0. The summed E-state index contributed by atoms with van der Waals surface area (Å²) in [6.45, 7) is 3.10. The van der Waals surface area contributed by atoms with Crippen molar-refractivity contribution in [2.75, 3.05) is 32.8 Å². The minimum Gasteiger partial charge on any atom is -0.489 e. The van der Waals surface area contributed by atoms with Gasteiger partial charge in [-0.2, -0.15) is 13.2 Å². The maximum Gasteiger partial charge on any atom is 0.490 e. The van der Waals surface area contributed by atoms with Crippen LogP contribution in [0.4, 0.5) is 13.2 Å². The van der Waals surface area contributed by atoms with Gasteiger partial charge in [-0.15, -0.1) is 0 Å². The predicted octanol–water partition coefficient (Wildman–Crippen LogP) is 1.58. The molecule has 2 amide bonds. The first-order valence-corrected chi connectivity index (χ1v) is 10.1. The van der Waals surface area contributed by atoms with E-state index in [1.54, 1.807) is 6.07 Å². The molecule has 0 unspecified atom stereocenters. The number of nitrogens with zero attached hydrogens (tertiary/aromatic N) is 1. The zero-order chi connectivity index (χ0) is 23.4. The number of halogens is 3. The van der Waals surface area contributed by atoms with E-state index in [2.05, 4.69) is 10.6 Å². The second kappa shape index (κ2) is 9.60. The third-order valence-corrected chi connectivity index (χ3v) is 5.58. The van der Waals surface area contributed by atoms with E-state index in [1.807, 2.05) is 35.3 Å². The first-order chi connectivity index (χ1) is 15.1. The van der Waals surface area contributed by atoms with E-state index < -0.39 is 12.1 Å². The van der Waals surface area contributed by atoms with Crippen molar-refractivity contribution in [2.24, 2.45) is 5.41 Å². The molecule has 0 aliphatic carbocycles. The van der Waals surface area contributed by atoms with Gasteiger partial charge in [0.15, 0.2) is 0 Å². The molecule has 3 aliphatic heterocycles. The number of rotatable bonds is 0. The minimum atomic E-state index is -5.08. The van der Waals surface area contributed by atoms with Crippen molar-refractivity contribution in [1.82, 2.24) is 15.5 Å². The molecule has 11 heteroatoms. The number of amides is 2. The van der Waals surface area contributed by atoms with Crippen LogP contribution >= 0.6 is 0 Å². The highest BCUT2D eigenvalue weighted by atomic mass is 19.4. The molecule has 1 aromatic carbocycles. The number of nitrogens with one attached hydrogen (secondary N) is 2. The first-order valence-electron chi connectivity index (χ1n) is 10.1. The van der Waals surface area contributed by atoms with Gasteiger partial charge in [0.25, 0.3) is 5.91 Å². The van der Waals surface area contributed by atoms with E-state index in [0.29, 0.717) is 44.1 Å². The monoisotopic (exact) mass is 455 g/mol. The van der Waals surface area contributed by atoms with Gasteiger partial charge in [-0.3, -0.25) is 9.59 Å². The number of carboxylic acids is 1. The zero-order valence-corrected chi connectivity index (χ0v) is 17.2. The Bertz CT molecular complexity index is 899. The highest BCUT2D eigenvalue weighted by Crippen LogP contribution is 2.32. The number of carboxylic acid groups (broad SMARTS) is 1. The van der Waals surface area contributed by atoms with Gasteiger partial charge >= 0.3 is 12.1 Å². The molecule has 2 bridgehead atoms. The Hall–Kier alpha value is -3.08. The largest absolute Gasteiger partial charge is 0.490 e. The maximum absolute atomic E-state index is 13.0. The van der Waals surface area contributed by atoms with Gasteiger partial charge in [-0.1, -0.05) is 24.3 Å². The summed E-state index contributed by atoms with van der Waals surface area (Å²) in [4.78, 5) is 36.4. The molecule has 0 radical (unpaired) electrons. The van der Waals surface area contributed by atoms with Crippen molar-refractivity contribution in [2.45, 2.75) is 25.1 Å². The molecule has 4 rings (SSSR count). The van der Waals surface area contributed by atoms with Crippen LogP contribution in [0.1, 0.15) is 23.2 Å². The molecule has 174 valence electrons. The molecular formula is C21H24F3N3O5. The lowest BCUT2D eigenvalue weighted by Crippen LogP contribution is -2.61. The topological polar surface area (TPSA) is 108 Å². The van der Waals surface area contributed by atoms with Gasteiger partial charge in [-0.25, -0.2) is 4.79 Å². The summed E-state index contributed by atoms with van der Waals surface area (Å²) in [6, 6.07) is 7.28. The van der Waals surface area contributed by atoms with Crippen molar-refractivity contribution in [3.63, 3.8) is 0 Å². The Kier molecular flexibility index (Phi) is 7.07. The molecule has 0 aromatic heterocycles. The summed E-state index contributed by atoms with van der Waals surface area (Å²) >= 11 is 0. The second-order valence-electron chi connectivity index (χ2n) is 7.88. The van der Waals surface area contributed by atoms with Gasteiger partial charge in [0.1, 0.15) is 12.4 Å². The fourth-order valence-corrected chi connectivity index (χ4v) is 3.77. The zero-order valence-electron chi connectivity index (χ0n) is 17.2. The summed E-state index contributed by atoms with van der Waals surface area (Å²) in [6.07, 6.45) is 0.387. The lowest BCUT2D eigenvalue weighted by atomic mass is 9.77. The molecule has 32 heavy (non-hydrogen) atoms. The minimum absolute atomic E-state index is 0.00641. The van der Waals surface area contributed by atoms with Crippen LogP contribution in [0.5, 0.6) is 5.75 Å². The molecule has 3 N–H and O–H groups in total. The van der Waals surface area contributed by atoms with Gasteiger partial charge in [-0.05, 0) is 25.0 Å². The van der Waals surface area contributed by atoms with Crippen LogP contribution in [0, 0.1) is 5.41 Å². The van der Waals surface area contributed by atoms with Crippen molar-refractivity contribution in [3.05, 3.63) is 42.0 Å². The van der Waals surface area contributed by atoms with E-state index >= 15 is 0 Å². The Labute approximate surface area is 182 Å². The number of para-hydroxylation sites is 1. The van der Waals surface area contributed by atoms with Gasteiger partial charge in [0, 0.05) is 32.2 Å². The number of carbonyl (C=O) groups excluding carboxylic acids is 2. The van der Waals surface area contributed by atoms with Crippen LogP contribution in [0.2, 0.25) is 0 Å². The summed E-state index contributed by atoms with van der Waals surface area (Å²) in [5.74, 6) is -2.11. The second-order valence-corrected chi connectivity index (χ2v) is 7.88. The number of alkyl halides is 3. The van der Waals surface area contributed by atoms with E-state index in [-0.39, 0.29) is 23.3 Å². The van der Waals surface area contributed by atoms with Gasteiger partial charge < -0.3 is 25.4 Å². The standard InChI is InChI=1S/C19H23N3O3.C2HF3O2/c23-17-15-5-1-2-6-16(15)25-10-4-3-8-19(12-20-13-19)18(24)22-9-7-14(11-22)21-17;3-2(4,5)1(6)7/h1-6,14,20H,7-13H2,(H,21,23);(H,6,7)/b4-3-;/t14-;/m0./s1. The van der Waals surface area contributed by atoms with Gasteiger partial charge in [0.05, 0.1) is 11.0 Å². The average Bonchev–Trinajstić information content (AvgIpc) is 3.17. The Morgan fingerprint density at radius 2 is 1.88 bits per heavy atom. The van der Waals surface area contributed by atoms with Crippen molar-refractivity contribution < 1.29 is 37.4 Å². The van der Waals surface area contributed by atoms with Crippen LogP contribution in [-0.2, 0) is 9.59 Å². The van der Waals surface area contributed by atoms with E-state index in [1.165, 1.54) is 0 Å². The number of carbonyl (C=O) groups is 3. The highest BCUT2D eigenvalue weighted by Gasteiger charge is 2.46. The Morgan fingerprint density at radius 1 is 1.19 bits per heavy atom. The summed E-state index contributed by atoms with van der Waals surface area (Å²) in [5.41, 5.74) is 0.203. The molecule has 3 aliphatic rings. The number of benzene rings is 1.